The Hall–Kier alpha value is -5.94. The Labute approximate surface area is 372 Å². The molecular formula is C57H50O2S2. The van der Waals surface area contributed by atoms with Gasteiger partial charge < -0.3 is 9.47 Å². The van der Waals surface area contributed by atoms with Crippen LogP contribution in [0.1, 0.15) is 66.8 Å². The van der Waals surface area contributed by atoms with Gasteiger partial charge in [0.1, 0.15) is 11.5 Å². The van der Waals surface area contributed by atoms with Gasteiger partial charge in [-0.1, -0.05) is 194 Å². The van der Waals surface area contributed by atoms with Gasteiger partial charge >= 0.3 is 0 Å². The van der Waals surface area contributed by atoms with Crippen molar-refractivity contribution < 1.29 is 9.47 Å². The average molecular weight is 831 g/mol. The van der Waals surface area contributed by atoms with Crippen LogP contribution in [0, 0.1) is 0 Å². The molecule has 0 spiro atoms. The highest BCUT2D eigenvalue weighted by atomic mass is 32.1. The third kappa shape index (κ3) is 8.40. The second-order valence-corrected chi connectivity index (χ2v) is 16.8. The fourth-order valence-electron chi connectivity index (χ4n) is 9.42. The highest BCUT2D eigenvalue weighted by molar-refractivity contribution is 7.80. The van der Waals surface area contributed by atoms with E-state index >= 15 is 0 Å². The van der Waals surface area contributed by atoms with Crippen LogP contribution in [0.2, 0.25) is 0 Å². The first-order chi connectivity index (χ1) is 30.1. The Bertz CT molecular complexity index is 2400. The number of rotatable bonds is 16. The van der Waals surface area contributed by atoms with E-state index < -0.39 is 5.41 Å². The van der Waals surface area contributed by atoms with Crippen molar-refractivity contribution in [2.75, 3.05) is 24.7 Å². The Morgan fingerprint density at radius 1 is 0.344 bits per heavy atom. The van der Waals surface area contributed by atoms with Gasteiger partial charge in [0, 0.05) is 37.2 Å². The van der Waals surface area contributed by atoms with Crippen LogP contribution < -0.4 is 9.47 Å². The highest BCUT2D eigenvalue weighted by Gasteiger charge is 2.47. The van der Waals surface area contributed by atoms with Crippen molar-refractivity contribution >= 4 is 25.3 Å². The second kappa shape index (κ2) is 18.8. The summed E-state index contributed by atoms with van der Waals surface area (Å²) in [5.41, 5.74) is 16.5. The number of ether oxygens (including phenoxy) is 2. The molecule has 0 unspecified atom stereocenters. The Morgan fingerprint density at radius 3 is 0.918 bits per heavy atom. The number of benzene rings is 8. The number of hydrogen-bond donors (Lipinski definition) is 2. The van der Waals surface area contributed by atoms with Gasteiger partial charge in [-0.15, -0.1) is 0 Å². The Kier molecular flexibility index (Phi) is 12.4. The van der Waals surface area contributed by atoms with Crippen LogP contribution in [0.15, 0.2) is 194 Å². The summed E-state index contributed by atoms with van der Waals surface area (Å²) in [6.07, 6.45) is 2.92. The lowest BCUT2D eigenvalue weighted by atomic mass is 9.66. The normalized spacial score (nSPS) is 12.4. The van der Waals surface area contributed by atoms with Crippen molar-refractivity contribution in [3.05, 3.63) is 261 Å². The standard InChI is InChI=1S/C57H50O2S2/c60-31-29-58-55-45(33-41-17-5-1-6-18-41)37-49(38-46(55)34-42-19-7-2-8-20-42)57(53-27-15-13-25-51(53)52-26-14-16-28-54(52)57)50-39-47(35-43-21-9-3-10-22-43)56(59-30-32-61)48(40-50)36-44-23-11-4-12-24-44/h1-28,37-40,60-61H,29-36H2. The van der Waals surface area contributed by atoms with Crippen molar-refractivity contribution in [1.29, 1.82) is 0 Å². The molecule has 9 rings (SSSR count). The lowest BCUT2D eigenvalue weighted by molar-refractivity contribution is 0.337. The van der Waals surface area contributed by atoms with Gasteiger partial charge in [-0.3, -0.25) is 0 Å². The highest BCUT2D eigenvalue weighted by Crippen LogP contribution is 2.57. The number of hydrogen-bond acceptors (Lipinski definition) is 4. The average Bonchev–Trinajstić information content (AvgIpc) is 3.61. The molecule has 0 amide bonds. The topological polar surface area (TPSA) is 18.5 Å². The molecule has 1 aliphatic rings. The molecule has 0 bridgehead atoms. The molecule has 8 aromatic carbocycles. The first-order valence-electron chi connectivity index (χ1n) is 21.3. The van der Waals surface area contributed by atoms with Crippen LogP contribution in [0.4, 0.5) is 0 Å². The van der Waals surface area contributed by atoms with Gasteiger partial charge in [-0.25, -0.2) is 0 Å². The molecule has 0 saturated heterocycles. The van der Waals surface area contributed by atoms with Crippen molar-refractivity contribution in [3.8, 4) is 22.6 Å². The maximum atomic E-state index is 6.78. The summed E-state index contributed by atoms with van der Waals surface area (Å²) in [7, 11) is 0. The van der Waals surface area contributed by atoms with E-state index in [0.717, 1.165) is 37.2 Å². The van der Waals surface area contributed by atoms with E-state index in [4.69, 9.17) is 9.47 Å². The van der Waals surface area contributed by atoms with Gasteiger partial charge in [0.2, 0.25) is 0 Å². The Balaban J connectivity index is 1.38. The summed E-state index contributed by atoms with van der Waals surface area (Å²) in [5, 5.41) is 0. The molecule has 8 aromatic rings. The minimum atomic E-state index is -0.676. The zero-order valence-electron chi connectivity index (χ0n) is 34.3. The molecule has 302 valence electrons. The molecular weight excluding hydrogens is 781 g/mol. The van der Waals surface area contributed by atoms with Crippen LogP contribution in [-0.4, -0.2) is 24.7 Å². The van der Waals surface area contributed by atoms with E-state index in [2.05, 4.69) is 219 Å². The fourth-order valence-corrected chi connectivity index (χ4v) is 9.60. The third-order valence-electron chi connectivity index (χ3n) is 11.9. The van der Waals surface area contributed by atoms with Crippen LogP contribution in [0.3, 0.4) is 0 Å². The van der Waals surface area contributed by atoms with E-state index in [1.807, 2.05) is 0 Å². The lowest BCUT2D eigenvalue weighted by Gasteiger charge is -2.36. The predicted octanol–water partition coefficient (Wildman–Crippen LogP) is 13.0. The molecule has 0 atom stereocenters. The SMILES string of the molecule is SCCOc1c(Cc2ccccc2)cc(C2(c3cc(Cc4ccccc4)c(OCCS)c(Cc4ccccc4)c3)c3ccccc3-c3ccccc32)cc1Cc1ccccc1. The van der Waals surface area contributed by atoms with Gasteiger partial charge in [-0.2, -0.15) is 25.3 Å². The minimum absolute atomic E-state index is 0.516. The molecule has 1 aliphatic carbocycles. The summed E-state index contributed by atoms with van der Waals surface area (Å²) in [6.45, 7) is 1.03. The second-order valence-electron chi connectivity index (χ2n) is 15.9. The molecule has 2 nitrogen and oxygen atoms in total. The molecule has 0 aromatic heterocycles. The number of fused-ring (bicyclic) bond motifs is 3. The maximum absolute atomic E-state index is 6.78. The largest absolute Gasteiger partial charge is 0.492 e. The van der Waals surface area contributed by atoms with Crippen molar-refractivity contribution in [3.63, 3.8) is 0 Å². The zero-order valence-corrected chi connectivity index (χ0v) is 36.1. The van der Waals surface area contributed by atoms with Crippen molar-refractivity contribution in [2.45, 2.75) is 31.1 Å². The summed E-state index contributed by atoms with van der Waals surface area (Å²) in [6, 6.07) is 71.0. The predicted molar refractivity (Wildman–Crippen MR) is 259 cm³/mol. The zero-order chi connectivity index (χ0) is 41.4. The quantitative estimate of drug-likeness (QED) is 0.0945. The van der Waals surface area contributed by atoms with Crippen LogP contribution in [-0.2, 0) is 31.1 Å². The first-order valence-corrected chi connectivity index (χ1v) is 22.6. The van der Waals surface area contributed by atoms with Gasteiger partial charge in [0.25, 0.3) is 0 Å². The van der Waals surface area contributed by atoms with E-state index in [-0.39, 0.29) is 0 Å². The minimum Gasteiger partial charge on any atom is -0.492 e. The third-order valence-corrected chi connectivity index (χ3v) is 12.3. The van der Waals surface area contributed by atoms with Gasteiger partial charge in [0.15, 0.2) is 0 Å². The summed E-state index contributed by atoms with van der Waals surface area (Å²) in [4.78, 5) is 0. The molecule has 61 heavy (non-hydrogen) atoms. The number of thiol groups is 2. The molecule has 0 heterocycles. The van der Waals surface area contributed by atoms with Crippen LogP contribution >= 0.6 is 25.3 Å². The maximum Gasteiger partial charge on any atom is 0.126 e. The summed E-state index contributed by atoms with van der Waals surface area (Å²) < 4.78 is 13.6. The van der Waals surface area contributed by atoms with Crippen molar-refractivity contribution in [2.24, 2.45) is 0 Å². The van der Waals surface area contributed by atoms with Crippen molar-refractivity contribution in [1.82, 2.24) is 0 Å². The molecule has 0 saturated carbocycles. The van der Waals surface area contributed by atoms with E-state index in [9.17, 15) is 0 Å². The smallest absolute Gasteiger partial charge is 0.126 e. The van der Waals surface area contributed by atoms with E-state index in [1.165, 1.54) is 77.9 Å². The van der Waals surface area contributed by atoms with E-state index in [1.54, 1.807) is 0 Å². The Morgan fingerprint density at radius 2 is 0.623 bits per heavy atom. The molecule has 0 fully saturated rings. The lowest BCUT2D eigenvalue weighted by Crippen LogP contribution is -2.30. The van der Waals surface area contributed by atoms with Gasteiger partial charge in [-0.05, 0) is 77.9 Å². The monoisotopic (exact) mass is 830 g/mol. The van der Waals surface area contributed by atoms with Gasteiger partial charge in [0.05, 0.1) is 18.6 Å². The molecule has 4 heteroatoms. The van der Waals surface area contributed by atoms with E-state index in [0.29, 0.717) is 24.7 Å². The first kappa shape index (κ1) is 40.5. The molecule has 0 aliphatic heterocycles. The molecule has 0 N–H and O–H groups in total. The summed E-state index contributed by atoms with van der Waals surface area (Å²) in [5.74, 6) is 3.14. The summed E-state index contributed by atoms with van der Waals surface area (Å²) >= 11 is 9.23. The molecule has 0 radical (unpaired) electrons. The fraction of sp³-hybridized carbons (Fsp3) is 0.158. The van der Waals surface area contributed by atoms with Crippen LogP contribution in [0.25, 0.3) is 11.1 Å². The van der Waals surface area contributed by atoms with Crippen LogP contribution in [0.5, 0.6) is 11.5 Å².